The number of nitrogens with zero attached hydrogens (tertiary/aromatic N) is 2. The molecule has 2 N–H and O–H groups in total. The van der Waals surface area contributed by atoms with Gasteiger partial charge in [0.1, 0.15) is 5.76 Å². The number of hydrogen-bond acceptors (Lipinski definition) is 4. The largest absolute Gasteiger partial charge is 0.469 e. The molecular formula is C18H18N4O2. The number of aromatic nitrogens is 2. The fraction of sp³-hybridized carbons (Fsp3) is 0.222. The van der Waals surface area contributed by atoms with E-state index in [0.717, 1.165) is 29.2 Å². The maximum Gasteiger partial charge on any atom is 0.228 e. The van der Waals surface area contributed by atoms with E-state index in [-0.39, 0.29) is 17.7 Å². The van der Waals surface area contributed by atoms with Crippen molar-refractivity contribution in [2.75, 3.05) is 10.6 Å². The third-order valence-electron chi connectivity index (χ3n) is 4.16. The van der Waals surface area contributed by atoms with Gasteiger partial charge in [-0.15, -0.1) is 0 Å². The zero-order valence-corrected chi connectivity index (χ0v) is 13.3. The fourth-order valence-electron chi connectivity index (χ4n) is 2.86. The average Bonchev–Trinajstić information content (AvgIpc) is 2.97. The Hall–Kier alpha value is -3.02. The Kier molecular flexibility index (Phi) is 3.57. The molecule has 2 aromatic heterocycles. The monoisotopic (exact) mass is 322 g/mol. The van der Waals surface area contributed by atoms with Crippen LogP contribution in [0.25, 0.3) is 0 Å². The van der Waals surface area contributed by atoms with Crippen molar-refractivity contribution in [2.24, 2.45) is 13.0 Å². The Morgan fingerprint density at radius 1 is 1.25 bits per heavy atom. The first-order valence-corrected chi connectivity index (χ1v) is 7.89. The predicted octanol–water partition coefficient (Wildman–Crippen LogP) is 3.50. The Labute approximate surface area is 139 Å². The minimum Gasteiger partial charge on any atom is -0.469 e. The van der Waals surface area contributed by atoms with Crippen molar-refractivity contribution >= 4 is 23.0 Å². The van der Waals surface area contributed by atoms with Crippen LogP contribution >= 0.6 is 0 Å². The number of rotatable bonds is 5. The van der Waals surface area contributed by atoms with Crippen molar-refractivity contribution in [1.29, 1.82) is 0 Å². The van der Waals surface area contributed by atoms with Crippen LogP contribution in [-0.4, -0.2) is 15.7 Å². The maximum absolute atomic E-state index is 12.4. The van der Waals surface area contributed by atoms with Crippen LogP contribution in [0.2, 0.25) is 0 Å². The predicted molar refractivity (Wildman–Crippen MR) is 91.1 cm³/mol. The lowest BCUT2D eigenvalue weighted by Gasteiger charge is -2.08. The number of benzene rings is 1. The third kappa shape index (κ3) is 3.03. The van der Waals surface area contributed by atoms with Crippen LogP contribution in [0, 0.1) is 5.92 Å². The maximum atomic E-state index is 12.4. The van der Waals surface area contributed by atoms with Gasteiger partial charge in [0.05, 0.1) is 18.1 Å². The second kappa shape index (κ2) is 5.88. The molecule has 3 aromatic rings. The standard InChI is InChI=1S/C18H18N4O2/c1-22-11-14(10-19-22)20-12-4-2-5-13(8-12)21-18(23)16-9-15(16)17-6-3-7-24-17/h2-8,10-11,15-16,20H,9H2,1H3,(H,21,23)/t15-,16-/m0/s1. The minimum absolute atomic E-state index is 0.00825. The van der Waals surface area contributed by atoms with Crippen molar-refractivity contribution in [3.8, 4) is 0 Å². The van der Waals surface area contributed by atoms with Crippen LogP contribution in [0.3, 0.4) is 0 Å². The summed E-state index contributed by atoms with van der Waals surface area (Å²) in [5, 5.41) is 10.4. The Morgan fingerprint density at radius 2 is 2.12 bits per heavy atom. The van der Waals surface area contributed by atoms with E-state index in [2.05, 4.69) is 15.7 Å². The first-order chi connectivity index (χ1) is 11.7. The highest BCUT2D eigenvalue weighted by Crippen LogP contribution is 2.48. The van der Waals surface area contributed by atoms with Gasteiger partial charge >= 0.3 is 0 Å². The molecule has 24 heavy (non-hydrogen) atoms. The summed E-state index contributed by atoms with van der Waals surface area (Å²) in [7, 11) is 1.87. The molecular weight excluding hydrogens is 304 g/mol. The second-order valence-electron chi connectivity index (χ2n) is 6.06. The van der Waals surface area contributed by atoms with Gasteiger partial charge in [-0.2, -0.15) is 5.10 Å². The average molecular weight is 322 g/mol. The summed E-state index contributed by atoms with van der Waals surface area (Å²) in [4.78, 5) is 12.4. The van der Waals surface area contributed by atoms with Crippen molar-refractivity contribution in [2.45, 2.75) is 12.3 Å². The van der Waals surface area contributed by atoms with Gasteiger partial charge in [-0.1, -0.05) is 6.07 Å². The Balaban J connectivity index is 1.40. The van der Waals surface area contributed by atoms with E-state index < -0.39 is 0 Å². The molecule has 0 spiro atoms. The minimum atomic E-state index is -0.00825. The molecule has 0 saturated heterocycles. The lowest BCUT2D eigenvalue weighted by molar-refractivity contribution is -0.117. The van der Waals surface area contributed by atoms with Gasteiger partial charge < -0.3 is 15.1 Å². The first-order valence-electron chi connectivity index (χ1n) is 7.89. The lowest BCUT2D eigenvalue weighted by Crippen LogP contribution is -2.14. The highest BCUT2D eigenvalue weighted by atomic mass is 16.3. The number of carbonyl (C=O) groups excluding carboxylic acids is 1. The number of amides is 1. The summed E-state index contributed by atoms with van der Waals surface area (Å²) in [5.41, 5.74) is 2.58. The molecule has 0 radical (unpaired) electrons. The lowest BCUT2D eigenvalue weighted by atomic mass is 10.2. The van der Waals surface area contributed by atoms with Crippen LogP contribution in [0.5, 0.6) is 0 Å². The number of aryl methyl sites for hydroxylation is 1. The molecule has 1 aliphatic rings. The van der Waals surface area contributed by atoms with Gasteiger partial charge in [0, 0.05) is 36.5 Å². The van der Waals surface area contributed by atoms with Crippen molar-refractivity contribution in [1.82, 2.24) is 9.78 Å². The molecule has 0 aliphatic heterocycles. The van der Waals surface area contributed by atoms with Crippen LogP contribution < -0.4 is 10.6 Å². The highest BCUT2D eigenvalue weighted by molar-refractivity contribution is 5.95. The van der Waals surface area contributed by atoms with E-state index in [4.69, 9.17) is 4.42 Å². The van der Waals surface area contributed by atoms with E-state index in [1.54, 1.807) is 17.1 Å². The van der Waals surface area contributed by atoms with Gasteiger partial charge in [-0.3, -0.25) is 9.48 Å². The van der Waals surface area contributed by atoms with Crippen LogP contribution in [0.4, 0.5) is 17.1 Å². The summed E-state index contributed by atoms with van der Waals surface area (Å²) >= 11 is 0. The molecule has 4 rings (SSSR count). The van der Waals surface area contributed by atoms with E-state index in [1.165, 1.54) is 0 Å². The molecule has 1 amide bonds. The number of anilines is 3. The third-order valence-corrected chi connectivity index (χ3v) is 4.16. The number of nitrogens with one attached hydrogen (secondary N) is 2. The Bertz CT molecular complexity index is 854. The molecule has 6 heteroatoms. The van der Waals surface area contributed by atoms with E-state index >= 15 is 0 Å². The van der Waals surface area contributed by atoms with Crippen LogP contribution in [-0.2, 0) is 11.8 Å². The van der Waals surface area contributed by atoms with Crippen LogP contribution in [0.1, 0.15) is 18.1 Å². The van der Waals surface area contributed by atoms with E-state index in [0.29, 0.717) is 0 Å². The number of furan rings is 1. The molecule has 1 aromatic carbocycles. The Morgan fingerprint density at radius 3 is 2.88 bits per heavy atom. The van der Waals surface area contributed by atoms with Gasteiger partial charge in [0.2, 0.25) is 5.91 Å². The van der Waals surface area contributed by atoms with Crippen LogP contribution in [0.15, 0.2) is 59.5 Å². The molecule has 1 fully saturated rings. The summed E-state index contributed by atoms with van der Waals surface area (Å²) < 4.78 is 7.11. The topological polar surface area (TPSA) is 72.1 Å². The zero-order chi connectivity index (χ0) is 16.5. The molecule has 0 bridgehead atoms. The van der Waals surface area contributed by atoms with Crippen molar-refractivity contribution in [3.05, 3.63) is 60.8 Å². The van der Waals surface area contributed by atoms with Gasteiger partial charge in [0.25, 0.3) is 0 Å². The molecule has 122 valence electrons. The van der Waals surface area contributed by atoms with E-state index in [1.807, 2.05) is 49.6 Å². The molecule has 0 unspecified atom stereocenters. The summed E-state index contributed by atoms with van der Waals surface area (Å²) in [6, 6.07) is 11.4. The molecule has 6 nitrogen and oxygen atoms in total. The van der Waals surface area contributed by atoms with Gasteiger partial charge in [0.15, 0.2) is 0 Å². The molecule has 2 atom stereocenters. The summed E-state index contributed by atoms with van der Waals surface area (Å²) in [6.45, 7) is 0. The quantitative estimate of drug-likeness (QED) is 0.754. The summed E-state index contributed by atoms with van der Waals surface area (Å²) in [5.74, 6) is 1.12. The van der Waals surface area contributed by atoms with Crippen molar-refractivity contribution in [3.63, 3.8) is 0 Å². The van der Waals surface area contributed by atoms with Gasteiger partial charge in [-0.25, -0.2) is 0 Å². The first kappa shape index (κ1) is 14.6. The normalized spacial score (nSPS) is 19.0. The number of carbonyl (C=O) groups is 1. The van der Waals surface area contributed by atoms with Crippen molar-refractivity contribution < 1.29 is 9.21 Å². The highest BCUT2D eigenvalue weighted by Gasteiger charge is 2.45. The van der Waals surface area contributed by atoms with Gasteiger partial charge in [-0.05, 0) is 36.8 Å². The number of hydrogen-bond donors (Lipinski definition) is 2. The molecule has 2 heterocycles. The molecule has 1 saturated carbocycles. The molecule has 1 aliphatic carbocycles. The second-order valence-corrected chi connectivity index (χ2v) is 6.06. The SMILES string of the molecule is Cn1cc(Nc2cccc(NC(=O)[C@H]3C[C@@H]3c3ccco3)c2)cn1. The smallest absolute Gasteiger partial charge is 0.228 e. The fourth-order valence-corrected chi connectivity index (χ4v) is 2.86. The summed E-state index contributed by atoms with van der Waals surface area (Å²) in [6.07, 6.45) is 6.13. The van der Waals surface area contributed by atoms with E-state index in [9.17, 15) is 4.79 Å². The zero-order valence-electron chi connectivity index (χ0n) is 13.3.